The van der Waals surface area contributed by atoms with Crippen molar-refractivity contribution in [3.8, 4) is 0 Å². The maximum atomic E-state index is 11.7. The van der Waals surface area contributed by atoms with Crippen molar-refractivity contribution in [3.63, 3.8) is 0 Å². The summed E-state index contributed by atoms with van der Waals surface area (Å²) in [6.45, 7) is 0.845. The van der Waals surface area contributed by atoms with Crippen molar-refractivity contribution in [1.82, 2.24) is 10.3 Å². The summed E-state index contributed by atoms with van der Waals surface area (Å²) in [5, 5.41) is 11.5. The molecule has 1 amide bonds. The molecular formula is C13H21N3O2. The van der Waals surface area contributed by atoms with Gasteiger partial charge in [0.2, 0.25) is 0 Å². The molecule has 0 aliphatic carbocycles. The predicted octanol–water partition coefficient (Wildman–Crippen LogP) is 1.04. The molecule has 1 aromatic heterocycles. The summed E-state index contributed by atoms with van der Waals surface area (Å²) in [7, 11) is 3.81. The second-order valence-electron chi connectivity index (χ2n) is 4.34. The first-order valence-corrected chi connectivity index (χ1v) is 6.17. The average molecular weight is 251 g/mol. The lowest BCUT2D eigenvalue weighted by Crippen LogP contribution is -2.24. The highest BCUT2D eigenvalue weighted by atomic mass is 16.2. The van der Waals surface area contributed by atoms with Crippen molar-refractivity contribution in [2.75, 3.05) is 32.1 Å². The molecule has 0 saturated carbocycles. The number of rotatable bonds is 7. The van der Waals surface area contributed by atoms with Gasteiger partial charge in [-0.3, -0.25) is 4.79 Å². The largest absolute Gasteiger partial charge is 0.396 e. The first kappa shape index (κ1) is 14.4. The van der Waals surface area contributed by atoms with Gasteiger partial charge in [-0.2, -0.15) is 0 Å². The fraction of sp³-hybridized carbons (Fsp3) is 0.538. The van der Waals surface area contributed by atoms with Crippen LogP contribution in [0.15, 0.2) is 18.3 Å². The van der Waals surface area contributed by atoms with E-state index in [9.17, 15) is 4.79 Å². The van der Waals surface area contributed by atoms with Crippen molar-refractivity contribution in [3.05, 3.63) is 23.9 Å². The van der Waals surface area contributed by atoms with Crippen LogP contribution in [0, 0.1) is 0 Å². The van der Waals surface area contributed by atoms with Crippen molar-refractivity contribution < 1.29 is 9.90 Å². The van der Waals surface area contributed by atoms with Gasteiger partial charge in [0.15, 0.2) is 0 Å². The summed E-state index contributed by atoms with van der Waals surface area (Å²) in [5.74, 6) is 0.728. The monoisotopic (exact) mass is 251 g/mol. The van der Waals surface area contributed by atoms with Crippen LogP contribution in [-0.2, 0) is 0 Å². The van der Waals surface area contributed by atoms with Gasteiger partial charge >= 0.3 is 0 Å². The van der Waals surface area contributed by atoms with Gasteiger partial charge in [0.1, 0.15) is 5.82 Å². The minimum Gasteiger partial charge on any atom is -0.396 e. The average Bonchev–Trinajstić information content (AvgIpc) is 2.38. The third-order valence-corrected chi connectivity index (χ3v) is 2.59. The molecule has 5 nitrogen and oxygen atoms in total. The maximum Gasteiger partial charge on any atom is 0.252 e. The molecule has 100 valence electrons. The minimum atomic E-state index is -0.100. The van der Waals surface area contributed by atoms with E-state index < -0.39 is 0 Å². The van der Waals surface area contributed by atoms with Crippen LogP contribution in [0.2, 0.25) is 0 Å². The van der Waals surface area contributed by atoms with Crippen LogP contribution in [-0.4, -0.2) is 43.2 Å². The maximum absolute atomic E-state index is 11.7. The van der Waals surface area contributed by atoms with Gasteiger partial charge in [-0.15, -0.1) is 0 Å². The fourth-order valence-electron chi connectivity index (χ4n) is 1.50. The lowest BCUT2D eigenvalue weighted by molar-refractivity contribution is 0.0952. The number of aliphatic hydroxyl groups excluding tert-OH is 1. The number of pyridine rings is 1. The number of carbonyl (C=O) groups excluding carboxylic acids is 1. The van der Waals surface area contributed by atoms with E-state index in [2.05, 4.69) is 10.3 Å². The normalized spacial score (nSPS) is 10.2. The molecule has 2 N–H and O–H groups in total. The molecule has 1 rings (SSSR count). The first-order valence-electron chi connectivity index (χ1n) is 6.17. The molecule has 0 aliphatic heterocycles. The van der Waals surface area contributed by atoms with Gasteiger partial charge in [0.05, 0.1) is 5.56 Å². The Kier molecular flexibility index (Phi) is 6.14. The van der Waals surface area contributed by atoms with Gasteiger partial charge in [-0.25, -0.2) is 4.98 Å². The van der Waals surface area contributed by atoms with E-state index in [1.54, 1.807) is 12.3 Å². The van der Waals surface area contributed by atoms with Crippen LogP contribution >= 0.6 is 0 Å². The Balaban J connectivity index is 2.37. The smallest absolute Gasteiger partial charge is 0.252 e. The van der Waals surface area contributed by atoms with Crippen LogP contribution in [0.1, 0.15) is 29.6 Å². The lowest BCUT2D eigenvalue weighted by atomic mass is 10.2. The van der Waals surface area contributed by atoms with E-state index >= 15 is 0 Å². The number of anilines is 1. The van der Waals surface area contributed by atoms with Crippen molar-refractivity contribution in [2.24, 2.45) is 0 Å². The van der Waals surface area contributed by atoms with Crippen molar-refractivity contribution in [1.29, 1.82) is 0 Å². The van der Waals surface area contributed by atoms with Crippen molar-refractivity contribution in [2.45, 2.75) is 19.3 Å². The molecule has 0 saturated heterocycles. The van der Waals surface area contributed by atoms with E-state index in [1.165, 1.54) is 0 Å². The standard InChI is InChI=1S/C13H21N3O2/c1-16(2)12-7-6-11(10-15-12)13(18)14-8-4-3-5-9-17/h6-7,10,17H,3-5,8-9H2,1-2H3,(H,14,18). The number of hydrogen-bond donors (Lipinski definition) is 2. The Morgan fingerprint density at radius 3 is 2.67 bits per heavy atom. The number of carbonyl (C=O) groups is 1. The number of aliphatic hydroxyl groups is 1. The molecule has 18 heavy (non-hydrogen) atoms. The molecule has 0 bridgehead atoms. The highest BCUT2D eigenvalue weighted by molar-refractivity contribution is 5.94. The number of unbranched alkanes of at least 4 members (excludes halogenated alkanes) is 2. The Hall–Kier alpha value is -1.62. The summed E-state index contributed by atoms with van der Waals surface area (Å²) >= 11 is 0. The predicted molar refractivity (Wildman–Crippen MR) is 71.8 cm³/mol. The van der Waals surface area contributed by atoms with Crippen LogP contribution in [0.4, 0.5) is 5.82 Å². The molecule has 0 atom stereocenters. The molecular weight excluding hydrogens is 230 g/mol. The number of amides is 1. The van der Waals surface area contributed by atoms with Gasteiger partial charge in [-0.1, -0.05) is 0 Å². The number of nitrogens with zero attached hydrogens (tertiary/aromatic N) is 2. The van der Waals surface area contributed by atoms with E-state index in [0.29, 0.717) is 12.1 Å². The van der Waals surface area contributed by atoms with E-state index in [4.69, 9.17) is 5.11 Å². The van der Waals surface area contributed by atoms with Gasteiger partial charge in [0.25, 0.3) is 5.91 Å². The molecule has 0 aliphatic rings. The summed E-state index contributed by atoms with van der Waals surface area (Å²) in [6, 6.07) is 3.59. The van der Waals surface area contributed by atoms with Gasteiger partial charge in [0, 0.05) is 33.4 Å². The Morgan fingerprint density at radius 2 is 2.11 bits per heavy atom. The number of hydrogen-bond acceptors (Lipinski definition) is 4. The highest BCUT2D eigenvalue weighted by Gasteiger charge is 2.05. The molecule has 1 heterocycles. The fourth-order valence-corrected chi connectivity index (χ4v) is 1.50. The quantitative estimate of drug-likeness (QED) is 0.711. The van der Waals surface area contributed by atoms with Crippen molar-refractivity contribution >= 4 is 11.7 Å². The lowest BCUT2D eigenvalue weighted by Gasteiger charge is -2.11. The molecule has 0 fully saturated rings. The molecule has 0 spiro atoms. The van der Waals surface area contributed by atoms with Crippen LogP contribution in [0.3, 0.4) is 0 Å². The third-order valence-electron chi connectivity index (χ3n) is 2.59. The molecule has 0 radical (unpaired) electrons. The third kappa shape index (κ3) is 4.71. The molecule has 0 aromatic carbocycles. The minimum absolute atomic E-state index is 0.100. The Morgan fingerprint density at radius 1 is 1.33 bits per heavy atom. The van der Waals surface area contributed by atoms with Crippen LogP contribution in [0.25, 0.3) is 0 Å². The zero-order chi connectivity index (χ0) is 13.4. The summed E-state index contributed by atoms with van der Waals surface area (Å²) in [6.07, 6.45) is 4.18. The van der Waals surface area contributed by atoms with E-state index in [0.717, 1.165) is 25.1 Å². The van der Waals surface area contributed by atoms with Crippen LogP contribution in [0.5, 0.6) is 0 Å². The van der Waals surface area contributed by atoms with Crippen LogP contribution < -0.4 is 10.2 Å². The second kappa shape index (κ2) is 7.66. The zero-order valence-electron chi connectivity index (χ0n) is 11.0. The summed E-state index contributed by atoms with van der Waals surface area (Å²) < 4.78 is 0. The molecule has 1 aromatic rings. The summed E-state index contributed by atoms with van der Waals surface area (Å²) in [4.78, 5) is 17.8. The summed E-state index contributed by atoms with van der Waals surface area (Å²) in [5.41, 5.74) is 0.572. The Bertz CT molecular complexity index is 363. The van der Waals surface area contributed by atoms with E-state index in [-0.39, 0.29) is 12.5 Å². The second-order valence-corrected chi connectivity index (χ2v) is 4.34. The SMILES string of the molecule is CN(C)c1ccc(C(=O)NCCCCCO)cn1. The number of aromatic nitrogens is 1. The molecule has 5 heteroatoms. The zero-order valence-corrected chi connectivity index (χ0v) is 11.0. The van der Waals surface area contributed by atoms with Gasteiger partial charge < -0.3 is 15.3 Å². The molecule has 0 unspecified atom stereocenters. The highest BCUT2D eigenvalue weighted by Crippen LogP contribution is 2.07. The first-order chi connectivity index (χ1) is 8.65. The number of nitrogens with one attached hydrogen (secondary N) is 1. The Labute approximate surface area is 108 Å². The topological polar surface area (TPSA) is 65.5 Å². The van der Waals surface area contributed by atoms with E-state index in [1.807, 2.05) is 25.1 Å². The van der Waals surface area contributed by atoms with Gasteiger partial charge in [-0.05, 0) is 31.4 Å².